The molecule has 0 aromatic heterocycles. The third-order valence-electron chi connectivity index (χ3n) is 4.01. The number of likely N-dealkylation sites (N-methyl/N-ethyl adjacent to an activating group) is 1. The van der Waals surface area contributed by atoms with Crippen LogP contribution in [-0.4, -0.2) is 38.8 Å². The Kier molecular flexibility index (Phi) is 7.22. The zero-order valence-electron chi connectivity index (χ0n) is 16.2. The number of ketones is 1. The number of alkyl halides is 3. The molecule has 0 aliphatic rings. The van der Waals surface area contributed by atoms with E-state index in [0.717, 1.165) is 22.6 Å². The topological polar surface area (TPSA) is 69.1 Å². The number of methoxy groups -OCH3 is 1. The molecule has 1 unspecified atom stereocenters. The van der Waals surface area contributed by atoms with Crippen molar-refractivity contribution in [2.24, 2.45) is 0 Å². The number of quaternary nitrogens is 1. The molecule has 0 radical (unpaired) electrons. The van der Waals surface area contributed by atoms with Crippen LogP contribution >= 0.6 is 0 Å². The van der Waals surface area contributed by atoms with E-state index in [1.54, 1.807) is 25.2 Å². The maximum absolute atomic E-state index is 12.2. The number of nitrogens with one attached hydrogen (secondary N) is 2. The molecule has 0 spiro atoms. The van der Waals surface area contributed by atoms with E-state index in [1.807, 2.05) is 0 Å². The van der Waals surface area contributed by atoms with Crippen molar-refractivity contribution in [3.05, 3.63) is 53.6 Å². The highest BCUT2D eigenvalue weighted by molar-refractivity contribution is 5.94. The van der Waals surface area contributed by atoms with Crippen LogP contribution in [0.25, 0.3) is 0 Å². The van der Waals surface area contributed by atoms with Gasteiger partial charge in [0.2, 0.25) is 0 Å². The number of carbonyl (C=O) groups is 2. The smallest absolute Gasteiger partial charge is 0.496 e. The van der Waals surface area contributed by atoms with Crippen LogP contribution < -0.4 is 19.7 Å². The predicted molar refractivity (Wildman–Crippen MR) is 100 cm³/mol. The average molecular weight is 411 g/mol. The van der Waals surface area contributed by atoms with Gasteiger partial charge in [-0.1, -0.05) is 0 Å². The number of halogens is 3. The van der Waals surface area contributed by atoms with Crippen LogP contribution in [0.2, 0.25) is 0 Å². The zero-order valence-corrected chi connectivity index (χ0v) is 16.2. The molecular formula is C20H22F3N2O4+. The molecule has 9 heteroatoms. The number of amides is 1. The maximum Gasteiger partial charge on any atom is 0.573 e. The number of hydrogen-bond acceptors (Lipinski definition) is 4. The van der Waals surface area contributed by atoms with Crippen molar-refractivity contribution in [2.75, 3.05) is 26.0 Å². The number of benzene rings is 2. The maximum atomic E-state index is 12.2. The molecule has 0 heterocycles. The van der Waals surface area contributed by atoms with Gasteiger partial charge < -0.3 is 19.7 Å². The highest BCUT2D eigenvalue weighted by atomic mass is 19.4. The first-order valence-electron chi connectivity index (χ1n) is 8.72. The molecule has 2 aromatic rings. The van der Waals surface area contributed by atoms with Gasteiger partial charge in [0.05, 0.1) is 14.2 Å². The molecule has 29 heavy (non-hydrogen) atoms. The second kappa shape index (κ2) is 9.42. The largest absolute Gasteiger partial charge is 0.573 e. The first-order valence-corrected chi connectivity index (χ1v) is 8.72. The van der Waals surface area contributed by atoms with Crippen LogP contribution in [0, 0.1) is 0 Å². The van der Waals surface area contributed by atoms with Gasteiger partial charge in [-0.25, -0.2) is 0 Å². The third-order valence-corrected chi connectivity index (χ3v) is 4.01. The van der Waals surface area contributed by atoms with Gasteiger partial charge in [0, 0.05) is 16.8 Å². The van der Waals surface area contributed by atoms with Gasteiger partial charge in [0.1, 0.15) is 18.0 Å². The molecule has 0 saturated heterocycles. The monoisotopic (exact) mass is 411 g/mol. The fourth-order valence-electron chi connectivity index (χ4n) is 2.74. The van der Waals surface area contributed by atoms with Gasteiger partial charge in [-0.05, 0) is 49.4 Å². The lowest BCUT2D eigenvalue weighted by atomic mass is 10.1. The molecule has 1 atom stereocenters. The molecule has 0 aliphatic heterocycles. The fraction of sp³-hybridized carbons (Fsp3) is 0.300. The van der Waals surface area contributed by atoms with Crippen molar-refractivity contribution in [3.63, 3.8) is 0 Å². The summed E-state index contributed by atoms with van der Waals surface area (Å²) in [5, 5.41) is 2.62. The van der Waals surface area contributed by atoms with Crippen molar-refractivity contribution in [2.45, 2.75) is 19.8 Å². The number of rotatable bonds is 8. The van der Waals surface area contributed by atoms with E-state index in [4.69, 9.17) is 4.74 Å². The van der Waals surface area contributed by atoms with Crippen LogP contribution in [0.5, 0.6) is 11.5 Å². The SMILES string of the molecule is COc1ccc(C(C)=O)cc1C[NH+](C)CC(=O)Nc1ccc(OC(F)(F)F)cc1. The standard InChI is InChI=1S/C20H21F3N2O4/c1-13(26)14-4-9-18(28-3)15(10-14)11-25(2)12-19(27)24-16-5-7-17(8-6-16)29-20(21,22)23/h4-10H,11-12H2,1-3H3,(H,24,27)/p+1. The Bertz CT molecular complexity index is 867. The van der Waals surface area contributed by atoms with Crippen molar-refractivity contribution in [3.8, 4) is 11.5 Å². The lowest BCUT2D eigenvalue weighted by Crippen LogP contribution is -3.08. The van der Waals surface area contributed by atoms with E-state index in [2.05, 4.69) is 10.1 Å². The normalized spacial score (nSPS) is 12.2. The minimum Gasteiger partial charge on any atom is -0.496 e. The summed E-state index contributed by atoms with van der Waals surface area (Å²) in [5.41, 5.74) is 1.70. The molecule has 2 rings (SSSR count). The molecular weight excluding hydrogens is 389 g/mol. The molecule has 0 saturated carbocycles. The Morgan fingerprint density at radius 3 is 2.31 bits per heavy atom. The van der Waals surface area contributed by atoms with E-state index in [9.17, 15) is 22.8 Å². The van der Waals surface area contributed by atoms with Gasteiger partial charge in [-0.2, -0.15) is 0 Å². The first-order chi connectivity index (χ1) is 13.6. The molecule has 2 N–H and O–H groups in total. The first kappa shape index (κ1) is 22.2. The van der Waals surface area contributed by atoms with Crippen LogP contribution in [0.4, 0.5) is 18.9 Å². The van der Waals surface area contributed by atoms with E-state index < -0.39 is 6.36 Å². The molecule has 6 nitrogen and oxygen atoms in total. The lowest BCUT2D eigenvalue weighted by Gasteiger charge is -2.16. The molecule has 0 bridgehead atoms. The van der Waals surface area contributed by atoms with Crippen molar-refractivity contribution in [1.29, 1.82) is 0 Å². The Hall–Kier alpha value is -3.07. The lowest BCUT2D eigenvalue weighted by molar-refractivity contribution is -0.885. The molecule has 1 amide bonds. The Morgan fingerprint density at radius 2 is 1.76 bits per heavy atom. The Labute approximate surface area is 166 Å². The number of Topliss-reactive ketones (excluding diaryl/α,β-unsaturated/α-hetero) is 1. The third kappa shape index (κ3) is 7.11. The number of carbonyl (C=O) groups excluding carboxylic acids is 2. The van der Waals surface area contributed by atoms with Gasteiger partial charge in [0.15, 0.2) is 12.3 Å². The van der Waals surface area contributed by atoms with Crippen molar-refractivity contribution < 1.29 is 37.1 Å². The summed E-state index contributed by atoms with van der Waals surface area (Å²) in [7, 11) is 3.33. The van der Waals surface area contributed by atoms with Crippen molar-refractivity contribution >= 4 is 17.4 Å². The minimum absolute atomic E-state index is 0.0674. The molecule has 156 valence electrons. The number of anilines is 1. The van der Waals surface area contributed by atoms with Gasteiger partial charge in [-0.3, -0.25) is 9.59 Å². The molecule has 2 aromatic carbocycles. The van der Waals surface area contributed by atoms with Gasteiger partial charge in [-0.15, -0.1) is 13.2 Å². The number of hydrogen-bond donors (Lipinski definition) is 2. The van der Waals surface area contributed by atoms with Crippen LogP contribution in [0.15, 0.2) is 42.5 Å². The summed E-state index contributed by atoms with van der Waals surface area (Å²) < 4.78 is 45.6. The second-order valence-electron chi connectivity index (χ2n) is 6.51. The summed E-state index contributed by atoms with van der Waals surface area (Å²) in [6.07, 6.45) is -4.77. The highest BCUT2D eigenvalue weighted by Crippen LogP contribution is 2.24. The van der Waals surface area contributed by atoms with Crippen molar-refractivity contribution in [1.82, 2.24) is 0 Å². The van der Waals surface area contributed by atoms with Crippen LogP contribution in [0.1, 0.15) is 22.8 Å². The minimum atomic E-state index is -4.77. The van der Waals surface area contributed by atoms with E-state index in [0.29, 0.717) is 23.5 Å². The van der Waals surface area contributed by atoms with E-state index >= 15 is 0 Å². The van der Waals surface area contributed by atoms with E-state index in [1.165, 1.54) is 26.2 Å². The summed E-state index contributed by atoms with van der Waals surface area (Å²) in [4.78, 5) is 24.6. The summed E-state index contributed by atoms with van der Waals surface area (Å²) >= 11 is 0. The fourth-order valence-corrected chi connectivity index (χ4v) is 2.74. The average Bonchev–Trinajstić information content (AvgIpc) is 2.61. The van der Waals surface area contributed by atoms with E-state index in [-0.39, 0.29) is 24.0 Å². The van der Waals surface area contributed by atoms with Crippen LogP contribution in [0.3, 0.4) is 0 Å². The summed E-state index contributed by atoms with van der Waals surface area (Å²) in [5.74, 6) is -0.123. The predicted octanol–water partition coefficient (Wildman–Crippen LogP) is 2.45. The van der Waals surface area contributed by atoms with Crippen LogP contribution in [-0.2, 0) is 11.3 Å². The summed E-state index contributed by atoms with van der Waals surface area (Å²) in [6.45, 7) is 2.02. The quantitative estimate of drug-likeness (QED) is 0.655. The molecule has 0 aliphatic carbocycles. The second-order valence-corrected chi connectivity index (χ2v) is 6.51. The zero-order chi connectivity index (χ0) is 21.6. The summed E-state index contributed by atoms with van der Waals surface area (Å²) in [6, 6.07) is 10.0. The molecule has 0 fully saturated rings. The Morgan fingerprint density at radius 1 is 1.10 bits per heavy atom. The van der Waals surface area contributed by atoms with Gasteiger partial charge >= 0.3 is 6.36 Å². The number of ether oxygens (including phenoxy) is 2. The highest BCUT2D eigenvalue weighted by Gasteiger charge is 2.31. The van der Waals surface area contributed by atoms with Gasteiger partial charge in [0.25, 0.3) is 5.91 Å². The Balaban J connectivity index is 1.95.